The number of hydrogen-bond acceptors (Lipinski definition) is 3. The SMILES string of the molecule is CN(CCCNc1ccc(C#N)cc1)Cc1ccccc1. The molecule has 3 nitrogen and oxygen atoms in total. The van der Waals surface area contributed by atoms with Crippen molar-refractivity contribution < 1.29 is 0 Å². The van der Waals surface area contributed by atoms with E-state index in [4.69, 9.17) is 5.26 Å². The van der Waals surface area contributed by atoms with Crippen LogP contribution in [-0.2, 0) is 6.54 Å². The summed E-state index contributed by atoms with van der Waals surface area (Å²) in [5.41, 5.74) is 3.11. The molecule has 0 unspecified atom stereocenters. The van der Waals surface area contributed by atoms with Crippen molar-refractivity contribution in [3.05, 3.63) is 65.7 Å². The summed E-state index contributed by atoms with van der Waals surface area (Å²) >= 11 is 0. The van der Waals surface area contributed by atoms with Crippen LogP contribution in [0.2, 0.25) is 0 Å². The summed E-state index contributed by atoms with van der Waals surface area (Å²) in [4.78, 5) is 2.33. The lowest BCUT2D eigenvalue weighted by molar-refractivity contribution is 0.325. The Bertz CT molecular complexity index is 570. The molecule has 0 aromatic heterocycles. The van der Waals surface area contributed by atoms with Crippen molar-refractivity contribution in [3.63, 3.8) is 0 Å². The van der Waals surface area contributed by atoms with Crippen molar-refractivity contribution >= 4 is 5.69 Å². The van der Waals surface area contributed by atoms with E-state index in [1.165, 1.54) is 5.56 Å². The minimum absolute atomic E-state index is 0.697. The lowest BCUT2D eigenvalue weighted by Crippen LogP contribution is -2.21. The fourth-order valence-corrected chi connectivity index (χ4v) is 2.22. The van der Waals surface area contributed by atoms with Gasteiger partial charge in [0.25, 0.3) is 0 Å². The lowest BCUT2D eigenvalue weighted by Gasteiger charge is -2.17. The van der Waals surface area contributed by atoms with Gasteiger partial charge in [0.15, 0.2) is 0 Å². The van der Waals surface area contributed by atoms with Crippen LogP contribution in [-0.4, -0.2) is 25.0 Å². The Morgan fingerprint density at radius 2 is 1.76 bits per heavy atom. The highest BCUT2D eigenvalue weighted by atomic mass is 15.1. The van der Waals surface area contributed by atoms with Gasteiger partial charge < -0.3 is 10.2 Å². The van der Waals surface area contributed by atoms with Crippen molar-refractivity contribution in [2.24, 2.45) is 0 Å². The summed E-state index contributed by atoms with van der Waals surface area (Å²) in [7, 11) is 2.15. The largest absolute Gasteiger partial charge is 0.385 e. The second kappa shape index (κ2) is 8.08. The minimum Gasteiger partial charge on any atom is -0.385 e. The van der Waals surface area contributed by atoms with Gasteiger partial charge in [-0.1, -0.05) is 30.3 Å². The van der Waals surface area contributed by atoms with E-state index in [2.05, 4.69) is 47.6 Å². The van der Waals surface area contributed by atoms with Crippen molar-refractivity contribution in [2.45, 2.75) is 13.0 Å². The normalized spacial score (nSPS) is 10.3. The zero-order valence-corrected chi connectivity index (χ0v) is 12.4. The number of benzene rings is 2. The molecule has 0 aliphatic rings. The van der Waals surface area contributed by atoms with Gasteiger partial charge in [-0.2, -0.15) is 5.26 Å². The van der Waals surface area contributed by atoms with Crippen LogP contribution in [0.25, 0.3) is 0 Å². The summed E-state index contributed by atoms with van der Waals surface area (Å²) in [5.74, 6) is 0. The Morgan fingerprint density at radius 3 is 2.43 bits per heavy atom. The van der Waals surface area contributed by atoms with E-state index in [0.29, 0.717) is 5.56 Å². The maximum atomic E-state index is 8.75. The van der Waals surface area contributed by atoms with Gasteiger partial charge in [-0.25, -0.2) is 0 Å². The number of nitriles is 1. The first kappa shape index (κ1) is 15.1. The maximum Gasteiger partial charge on any atom is 0.0991 e. The van der Waals surface area contributed by atoms with E-state index in [-0.39, 0.29) is 0 Å². The summed E-state index contributed by atoms with van der Waals surface area (Å²) < 4.78 is 0. The van der Waals surface area contributed by atoms with Crippen LogP contribution >= 0.6 is 0 Å². The molecular formula is C18H21N3. The van der Waals surface area contributed by atoms with Gasteiger partial charge in [0.1, 0.15) is 0 Å². The van der Waals surface area contributed by atoms with Crippen LogP contribution in [0.15, 0.2) is 54.6 Å². The maximum absolute atomic E-state index is 8.75. The Labute approximate surface area is 126 Å². The monoisotopic (exact) mass is 279 g/mol. The van der Waals surface area contributed by atoms with Gasteiger partial charge in [-0.3, -0.25) is 0 Å². The molecule has 0 aliphatic carbocycles. The molecule has 2 rings (SSSR count). The third-order valence-electron chi connectivity index (χ3n) is 3.36. The van der Waals surface area contributed by atoms with Crippen molar-refractivity contribution in [2.75, 3.05) is 25.5 Å². The second-order valence-corrected chi connectivity index (χ2v) is 5.19. The standard InChI is InChI=1S/C18H21N3/c1-21(15-17-6-3-2-4-7-17)13-5-12-20-18-10-8-16(14-19)9-11-18/h2-4,6-11,20H,5,12-13,15H2,1H3. The molecule has 0 fully saturated rings. The predicted molar refractivity (Wildman–Crippen MR) is 87.0 cm³/mol. The molecule has 0 saturated carbocycles. The first-order chi connectivity index (χ1) is 10.3. The molecule has 0 bridgehead atoms. The third-order valence-corrected chi connectivity index (χ3v) is 3.36. The average Bonchev–Trinajstić information content (AvgIpc) is 2.53. The Kier molecular flexibility index (Phi) is 5.81. The molecule has 0 spiro atoms. The van der Waals surface area contributed by atoms with Gasteiger partial charge in [0.05, 0.1) is 11.6 Å². The zero-order valence-electron chi connectivity index (χ0n) is 12.4. The molecule has 0 saturated heterocycles. The Hall–Kier alpha value is -2.31. The molecule has 0 aliphatic heterocycles. The van der Waals surface area contributed by atoms with Crippen molar-refractivity contribution in [3.8, 4) is 6.07 Å². The van der Waals surface area contributed by atoms with Crippen LogP contribution in [0.5, 0.6) is 0 Å². The molecule has 0 atom stereocenters. The predicted octanol–water partition coefficient (Wildman–Crippen LogP) is 3.49. The average molecular weight is 279 g/mol. The molecule has 0 radical (unpaired) electrons. The first-order valence-electron chi connectivity index (χ1n) is 7.24. The number of nitrogens with zero attached hydrogens (tertiary/aromatic N) is 2. The molecule has 1 N–H and O–H groups in total. The first-order valence-corrected chi connectivity index (χ1v) is 7.24. The van der Waals surface area contributed by atoms with Crippen LogP contribution < -0.4 is 5.32 Å². The summed E-state index contributed by atoms with van der Waals surface area (Å²) in [6, 6.07) is 20.2. The van der Waals surface area contributed by atoms with Gasteiger partial charge in [-0.15, -0.1) is 0 Å². The molecular weight excluding hydrogens is 258 g/mol. The fraction of sp³-hybridized carbons (Fsp3) is 0.278. The van der Waals surface area contributed by atoms with Crippen LogP contribution in [0, 0.1) is 11.3 Å². The quantitative estimate of drug-likeness (QED) is 0.789. The topological polar surface area (TPSA) is 39.1 Å². The highest BCUT2D eigenvalue weighted by Gasteiger charge is 2.00. The van der Waals surface area contributed by atoms with Gasteiger partial charge in [0.2, 0.25) is 0 Å². The van der Waals surface area contributed by atoms with Gasteiger partial charge in [-0.05, 0) is 49.8 Å². The van der Waals surface area contributed by atoms with E-state index >= 15 is 0 Å². The highest BCUT2D eigenvalue weighted by molar-refractivity contribution is 5.47. The second-order valence-electron chi connectivity index (χ2n) is 5.19. The number of nitrogens with one attached hydrogen (secondary N) is 1. The van der Waals surface area contributed by atoms with E-state index in [9.17, 15) is 0 Å². The van der Waals surface area contributed by atoms with Crippen LogP contribution in [0.1, 0.15) is 17.5 Å². The molecule has 0 heterocycles. The smallest absolute Gasteiger partial charge is 0.0991 e. The van der Waals surface area contributed by atoms with Gasteiger partial charge >= 0.3 is 0 Å². The minimum atomic E-state index is 0.697. The molecule has 108 valence electrons. The zero-order chi connectivity index (χ0) is 14.9. The molecule has 2 aromatic carbocycles. The fourth-order valence-electron chi connectivity index (χ4n) is 2.22. The molecule has 0 amide bonds. The number of rotatable bonds is 7. The Morgan fingerprint density at radius 1 is 1.05 bits per heavy atom. The highest BCUT2D eigenvalue weighted by Crippen LogP contribution is 2.09. The summed E-state index contributed by atoms with van der Waals surface area (Å²) in [5, 5.41) is 12.1. The van der Waals surface area contributed by atoms with Crippen molar-refractivity contribution in [1.29, 1.82) is 5.26 Å². The molecule has 21 heavy (non-hydrogen) atoms. The van der Waals surface area contributed by atoms with Crippen molar-refractivity contribution in [1.82, 2.24) is 4.90 Å². The Balaban J connectivity index is 1.66. The summed E-state index contributed by atoms with van der Waals surface area (Å²) in [6.07, 6.45) is 1.09. The van der Waals surface area contributed by atoms with E-state index < -0.39 is 0 Å². The number of anilines is 1. The van der Waals surface area contributed by atoms with E-state index in [0.717, 1.165) is 31.7 Å². The van der Waals surface area contributed by atoms with E-state index in [1.807, 2.05) is 30.3 Å². The third kappa shape index (κ3) is 5.29. The summed E-state index contributed by atoms with van der Waals surface area (Å²) in [6.45, 7) is 2.97. The van der Waals surface area contributed by atoms with Crippen LogP contribution in [0.4, 0.5) is 5.69 Å². The van der Waals surface area contributed by atoms with Gasteiger partial charge in [0, 0.05) is 18.8 Å². The number of hydrogen-bond donors (Lipinski definition) is 1. The van der Waals surface area contributed by atoms with E-state index in [1.54, 1.807) is 0 Å². The lowest BCUT2D eigenvalue weighted by atomic mass is 10.2. The molecule has 2 aromatic rings. The van der Waals surface area contributed by atoms with Crippen LogP contribution in [0.3, 0.4) is 0 Å². The molecule has 3 heteroatoms.